The summed E-state index contributed by atoms with van der Waals surface area (Å²) in [5, 5.41) is 29.5. The minimum absolute atomic E-state index is 0.0335. The van der Waals surface area contributed by atoms with E-state index < -0.39 is 151 Å². The number of carboxylic acids is 1. The molecule has 8 amide bonds. The van der Waals surface area contributed by atoms with Crippen LogP contribution in [-0.2, 0) is 143 Å². The van der Waals surface area contributed by atoms with Crippen molar-refractivity contribution in [2.75, 3.05) is 112 Å². The van der Waals surface area contributed by atoms with Gasteiger partial charge in [-0.3, -0.25) is 71.9 Å². The average molecular weight is 1720 g/mol. The Morgan fingerprint density at radius 3 is 0.975 bits per heavy atom. The van der Waals surface area contributed by atoms with Gasteiger partial charge in [0, 0.05) is 171 Å². The highest BCUT2D eigenvalue weighted by atomic mass is 16.7. The van der Waals surface area contributed by atoms with Crippen LogP contribution in [0.3, 0.4) is 0 Å². The third kappa shape index (κ3) is 41.5. The molecule has 4 aliphatic rings. The summed E-state index contributed by atoms with van der Waals surface area (Å²) in [4.78, 5) is 188. The van der Waals surface area contributed by atoms with E-state index >= 15 is 0 Å². The summed E-state index contributed by atoms with van der Waals surface area (Å²) in [5.74, 6) is -9.09. The smallest absolute Gasteiger partial charge is 0.303 e. The molecule has 8 N–H and O–H groups in total. The van der Waals surface area contributed by atoms with Crippen molar-refractivity contribution in [1.29, 1.82) is 0 Å². The van der Waals surface area contributed by atoms with Crippen LogP contribution in [-0.4, -0.2) is 290 Å². The number of nitrogens with zero attached hydrogens (tertiary/aromatic N) is 1. The fourth-order valence-corrected chi connectivity index (χ4v) is 14.4. The molecule has 0 aromatic rings. The van der Waals surface area contributed by atoms with E-state index in [9.17, 15) is 71.9 Å². The van der Waals surface area contributed by atoms with Crippen molar-refractivity contribution in [3.8, 4) is 0 Å². The van der Waals surface area contributed by atoms with Crippen molar-refractivity contribution < 1.29 is 148 Å². The maximum atomic E-state index is 14.5. The first-order valence-corrected chi connectivity index (χ1v) is 42.0. The van der Waals surface area contributed by atoms with Gasteiger partial charge < -0.3 is 118 Å². The van der Waals surface area contributed by atoms with Gasteiger partial charge in [0.05, 0.1) is 57.8 Å². The zero-order chi connectivity index (χ0) is 88.7. The van der Waals surface area contributed by atoms with Crippen molar-refractivity contribution in [2.24, 2.45) is 23.7 Å². The third-order valence-corrected chi connectivity index (χ3v) is 20.5. The first-order valence-electron chi connectivity index (χ1n) is 42.0. The molecule has 15 unspecified atom stereocenters. The van der Waals surface area contributed by atoms with Gasteiger partial charge in [-0.15, -0.1) is 0 Å². The lowest BCUT2D eigenvalue weighted by Crippen LogP contribution is -2.62. The summed E-state index contributed by atoms with van der Waals surface area (Å²) < 4.78 is 87.6. The van der Waals surface area contributed by atoms with Crippen LogP contribution in [0.4, 0.5) is 0 Å². The molecule has 15 atom stereocenters. The second-order valence-electron chi connectivity index (χ2n) is 31.0. The van der Waals surface area contributed by atoms with Crippen LogP contribution in [0.5, 0.6) is 0 Å². The van der Waals surface area contributed by atoms with E-state index in [1.165, 1.54) is 62.3 Å². The summed E-state index contributed by atoms with van der Waals surface area (Å²) >= 11 is 0. The van der Waals surface area contributed by atoms with Crippen LogP contribution in [0, 0.1) is 23.7 Å². The fraction of sp³-hybridized carbons (Fsp3) is 0.815. The summed E-state index contributed by atoms with van der Waals surface area (Å²) in [5.41, 5.74) is -1.47. The van der Waals surface area contributed by atoms with Gasteiger partial charge in [-0.1, -0.05) is 59.3 Å². The Labute approximate surface area is 702 Å². The molecule has 0 radical (unpaired) electrons. The number of piperidine rings is 1. The number of esters is 6. The molecule has 0 aliphatic carbocycles. The summed E-state index contributed by atoms with van der Waals surface area (Å²) in [7, 11) is 0. The number of hydrogen-bond acceptors (Lipinski definition) is 30. The highest BCUT2D eigenvalue weighted by molar-refractivity contribution is 5.82. The van der Waals surface area contributed by atoms with E-state index in [4.69, 9.17) is 76.2 Å². The molecule has 39 heteroatoms. The number of ether oxygens (including phenoxy) is 15. The summed E-state index contributed by atoms with van der Waals surface area (Å²) in [6.45, 7) is 17.3. The maximum absolute atomic E-state index is 14.5. The molecule has 0 bridgehead atoms. The van der Waals surface area contributed by atoms with E-state index in [-0.39, 0.29) is 185 Å². The molecule has 684 valence electrons. The number of likely N-dealkylation sites (tertiary alicyclic amines) is 1. The first kappa shape index (κ1) is 104. The third-order valence-electron chi connectivity index (χ3n) is 20.5. The second-order valence-corrected chi connectivity index (χ2v) is 31.0. The number of rotatable bonds is 57. The van der Waals surface area contributed by atoms with Crippen molar-refractivity contribution in [3.63, 3.8) is 0 Å². The Morgan fingerprint density at radius 2 is 0.692 bits per heavy atom. The van der Waals surface area contributed by atoms with Crippen molar-refractivity contribution >= 4 is 89.0 Å². The molecule has 4 saturated heterocycles. The molecule has 0 aromatic heterocycles. The molecule has 120 heavy (non-hydrogen) atoms. The van der Waals surface area contributed by atoms with Gasteiger partial charge in [0.15, 0.2) is 18.9 Å². The van der Waals surface area contributed by atoms with Crippen LogP contribution in [0.15, 0.2) is 0 Å². The lowest BCUT2D eigenvalue weighted by atomic mass is 9.88. The maximum Gasteiger partial charge on any atom is 0.303 e. The van der Waals surface area contributed by atoms with E-state index in [0.717, 1.165) is 0 Å². The number of carbonyl (C=O) groups is 15. The van der Waals surface area contributed by atoms with E-state index in [1.54, 1.807) is 25.7 Å². The Kier molecular flexibility index (Phi) is 49.5. The number of carbonyl (C=O) groups excluding carboxylic acids is 14. The molecule has 0 spiro atoms. The number of hydrogen-bond donors (Lipinski definition) is 8. The van der Waals surface area contributed by atoms with Crippen LogP contribution in [0.1, 0.15) is 212 Å². The van der Waals surface area contributed by atoms with Crippen LogP contribution in [0.2, 0.25) is 0 Å². The van der Waals surface area contributed by atoms with Crippen LogP contribution < -0.4 is 37.2 Å². The van der Waals surface area contributed by atoms with E-state index in [0.29, 0.717) is 96.7 Å². The monoisotopic (exact) mass is 1710 g/mol. The Bertz CT molecular complexity index is 2950. The molecule has 4 heterocycles. The lowest BCUT2D eigenvalue weighted by molar-refractivity contribution is -0.262. The molecular weight excluding hydrogens is 1580 g/mol. The van der Waals surface area contributed by atoms with Gasteiger partial charge in [0.25, 0.3) is 0 Å². The van der Waals surface area contributed by atoms with Crippen molar-refractivity contribution in [3.05, 3.63) is 0 Å². The van der Waals surface area contributed by atoms with Gasteiger partial charge in [-0.05, 0) is 57.8 Å². The second kappa shape index (κ2) is 57.1. The van der Waals surface area contributed by atoms with Gasteiger partial charge >= 0.3 is 41.8 Å². The van der Waals surface area contributed by atoms with Gasteiger partial charge in [0.1, 0.15) is 62.0 Å². The number of nitrogens with one attached hydrogen (secondary N) is 7. The van der Waals surface area contributed by atoms with E-state index in [1.807, 2.05) is 0 Å². The molecule has 0 saturated carbocycles. The fourth-order valence-electron chi connectivity index (χ4n) is 14.4. The largest absolute Gasteiger partial charge is 0.481 e. The predicted molar refractivity (Wildman–Crippen MR) is 423 cm³/mol. The average Bonchev–Trinajstić information content (AvgIpc) is 0.806. The van der Waals surface area contributed by atoms with Gasteiger partial charge in [-0.25, -0.2) is 0 Å². The molecule has 4 fully saturated rings. The van der Waals surface area contributed by atoms with Gasteiger partial charge in [-0.2, -0.15) is 0 Å². The molecule has 39 nitrogen and oxygen atoms in total. The zero-order valence-electron chi connectivity index (χ0n) is 72.0. The molecule has 0 aromatic carbocycles. The van der Waals surface area contributed by atoms with Crippen molar-refractivity contribution in [1.82, 2.24) is 42.1 Å². The molecular formula is C81H134N8O31. The van der Waals surface area contributed by atoms with Crippen LogP contribution in [0.25, 0.3) is 0 Å². The lowest BCUT2D eigenvalue weighted by Gasteiger charge is -2.44. The Balaban J connectivity index is 1.38. The summed E-state index contributed by atoms with van der Waals surface area (Å²) in [6.07, 6.45) is 0.159. The minimum atomic E-state index is -1.47. The van der Waals surface area contributed by atoms with Crippen molar-refractivity contribution in [2.45, 2.75) is 291 Å². The minimum Gasteiger partial charge on any atom is -0.481 e. The Hall–Kier alpha value is -8.31. The normalized spacial score (nSPS) is 24.0. The zero-order valence-corrected chi connectivity index (χ0v) is 72.0. The van der Waals surface area contributed by atoms with Gasteiger partial charge in [0.2, 0.25) is 47.3 Å². The molecule has 4 aliphatic heterocycles. The SMILES string of the molecule is CC(=O)NC1C(OCCCCCCNC(=O)CCOCC(COCCC(=O)NCCCCCCOC2OC(COC(C)=O)C(OC(C)=O)C(C)C2NC(C)=O)(COCCC(=O)NCCCCCCOC2OC(COC(C)=O)C(OC(C)=O)C(C)C2NC(C)=O)NC(=O)C2CCN(C(=O)CCCC(=O)O)CC2)OC(COC(C)=O)C(OC(C)=O)C1C. The quantitative estimate of drug-likeness (QED) is 0.0246. The number of aliphatic carboxylic acids is 1. The van der Waals surface area contributed by atoms with E-state index in [2.05, 4.69) is 37.2 Å². The molecule has 4 rings (SSSR count). The first-order chi connectivity index (χ1) is 57.1. The van der Waals surface area contributed by atoms with Crippen LogP contribution >= 0.6 is 0 Å². The number of unbranched alkanes of at least 4 members (excludes halogenated alkanes) is 9. The number of carboxylic acid groups (broad SMARTS) is 1. The standard InChI is InChI=1S/C81H134N8O31/c1-50-71(85-53(4)90)78(118-63(44-112-56(7)93)74(50)115-59(10)96)109-38-22-16-13-19-33-82-66(99)30-41-106-47-81(88-77(105)62-28-36-89(37-29-62)69(102)26-25-27-70(103)104,48-107-42-31-67(100)83-34-20-14-17-23-39-110-79-72(86-54(5)91)51(2)75(116-60(11)97)64(119-79)45-113-57(8)94)49-108-43-32-68(101)84-35-21-15-18-24-40-111-80-73(87-55(6)92)52(3)76(117-61(12)98)65(120-80)46-114-58(9)95/h50-52,62-65,71-76,78-80H,13-49H2,1-12H3,(H,82,99)(H,83,100)(H,84,101)(H,85,90)(H,86,91)(H,87,92)(H,88,105)(H,103,104). The highest BCUT2D eigenvalue weighted by Gasteiger charge is 2.50. The highest BCUT2D eigenvalue weighted by Crippen LogP contribution is 2.34. The predicted octanol–water partition coefficient (Wildman–Crippen LogP) is 2.72. The Morgan fingerprint density at radius 1 is 0.383 bits per heavy atom. The topological polar surface area (TPSA) is 502 Å². The number of amides is 8. The summed E-state index contributed by atoms with van der Waals surface area (Å²) in [6, 6.07) is -2.08.